The molecule has 0 fully saturated rings. The van der Waals surface area contributed by atoms with Gasteiger partial charge in [-0.25, -0.2) is 20.1 Å². The molecule has 6 heavy (non-hydrogen) atoms. The molecule has 0 N–H and O–H groups in total. The Hall–Kier alpha value is 1.84. The zero-order valence-corrected chi connectivity index (χ0v) is 9.62. The predicted molar refractivity (Wildman–Crippen MR) is 11.4 cm³/mol. The minimum atomic E-state index is -4.25. The molecule has 0 heterocycles. The SMILES string of the molecule is [CH2-]C(F)(F)F.[Cs+]. The van der Waals surface area contributed by atoms with Crippen molar-refractivity contribution in [3.8, 4) is 0 Å². The first-order chi connectivity index (χ1) is 2.00. The van der Waals surface area contributed by atoms with Gasteiger partial charge < -0.3 is 0 Å². The number of alkyl halides is 3. The third-order valence-corrected chi connectivity index (χ3v) is 0. The summed E-state index contributed by atoms with van der Waals surface area (Å²) in [5.74, 6) is 0. The average molecular weight is 216 g/mol. The first-order valence-electron chi connectivity index (χ1n) is 0.921. The van der Waals surface area contributed by atoms with E-state index in [2.05, 4.69) is 0 Å². The smallest absolute Gasteiger partial charge is 0.241 e. The molecule has 0 spiro atoms. The van der Waals surface area contributed by atoms with Crippen LogP contribution in [0.1, 0.15) is 0 Å². The van der Waals surface area contributed by atoms with Gasteiger partial charge in [0.15, 0.2) is 0 Å². The predicted octanol–water partition coefficient (Wildman–Crippen LogP) is -1.61. The molecule has 0 aromatic carbocycles. The van der Waals surface area contributed by atoms with Crippen LogP contribution in [0.2, 0.25) is 0 Å². The summed E-state index contributed by atoms with van der Waals surface area (Å²) in [6.07, 6.45) is -4.25. The number of hydrogen-bond donors (Lipinski definition) is 0. The van der Waals surface area contributed by atoms with E-state index in [0.717, 1.165) is 0 Å². The summed E-state index contributed by atoms with van der Waals surface area (Å²) < 4.78 is 30.7. The Morgan fingerprint density at radius 3 is 1.17 bits per heavy atom. The molecule has 0 amide bonds. The zero-order valence-electron chi connectivity index (χ0n) is 3.34. The van der Waals surface area contributed by atoms with Gasteiger partial charge in [-0.3, -0.25) is 0 Å². The summed E-state index contributed by atoms with van der Waals surface area (Å²) in [5, 5.41) is 0. The van der Waals surface area contributed by atoms with Crippen molar-refractivity contribution < 1.29 is 82.1 Å². The van der Waals surface area contributed by atoms with Crippen LogP contribution >= 0.6 is 0 Å². The van der Waals surface area contributed by atoms with Crippen molar-refractivity contribution >= 4 is 0 Å². The molecule has 0 rings (SSSR count). The molecule has 0 saturated carbocycles. The van der Waals surface area contributed by atoms with Crippen molar-refractivity contribution in [2.45, 2.75) is 6.18 Å². The van der Waals surface area contributed by atoms with Crippen LogP contribution in [0.4, 0.5) is 13.2 Å². The van der Waals surface area contributed by atoms with Gasteiger partial charge in [0.25, 0.3) is 6.18 Å². The molecule has 0 aromatic rings. The van der Waals surface area contributed by atoms with Crippen LogP contribution in [0.25, 0.3) is 0 Å². The van der Waals surface area contributed by atoms with Crippen LogP contribution in [-0.4, -0.2) is 6.18 Å². The largest absolute Gasteiger partial charge is 1.00 e. The Bertz CT molecular complexity index is 24.3. The second-order valence-electron chi connectivity index (χ2n) is 0.615. The minimum absolute atomic E-state index is 0. The third-order valence-electron chi connectivity index (χ3n) is 0. The molecule has 0 aliphatic rings. The first-order valence-corrected chi connectivity index (χ1v) is 0.921. The quantitative estimate of drug-likeness (QED) is 0.427. The van der Waals surface area contributed by atoms with Gasteiger partial charge in [0.2, 0.25) is 0 Å². The monoisotopic (exact) mass is 216 g/mol. The van der Waals surface area contributed by atoms with E-state index >= 15 is 0 Å². The van der Waals surface area contributed by atoms with E-state index in [1.807, 2.05) is 0 Å². The Balaban J connectivity index is 0. The van der Waals surface area contributed by atoms with Crippen molar-refractivity contribution in [3.05, 3.63) is 6.92 Å². The van der Waals surface area contributed by atoms with Crippen LogP contribution < -0.4 is 68.9 Å². The molecule has 0 saturated heterocycles. The standard InChI is InChI=1S/C2H2F3.Cs/c1-2(3,4)5;/h1H2;/q-1;+1. The van der Waals surface area contributed by atoms with Crippen LogP contribution in [0.3, 0.4) is 0 Å². The third kappa shape index (κ3) is 40.4. The van der Waals surface area contributed by atoms with Crippen molar-refractivity contribution in [2.24, 2.45) is 0 Å². The van der Waals surface area contributed by atoms with E-state index in [0.29, 0.717) is 0 Å². The van der Waals surface area contributed by atoms with Crippen LogP contribution in [0, 0.1) is 6.92 Å². The second-order valence-corrected chi connectivity index (χ2v) is 0.615. The van der Waals surface area contributed by atoms with Crippen LogP contribution in [0.15, 0.2) is 0 Å². The van der Waals surface area contributed by atoms with Gasteiger partial charge in [0.1, 0.15) is 0 Å². The first kappa shape index (κ1) is 10.8. The van der Waals surface area contributed by atoms with E-state index in [1.54, 1.807) is 6.92 Å². The summed E-state index contributed by atoms with van der Waals surface area (Å²) in [6.45, 7) is 1.77. The van der Waals surface area contributed by atoms with Crippen LogP contribution in [-0.2, 0) is 0 Å². The fourth-order valence-corrected chi connectivity index (χ4v) is 0. The molecule has 0 radical (unpaired) electrons. The van der Waals surface area contributed by atoms with Crippen molar-refractivity contribution in [2.75, 3.05) is 0 Å². The summed E-state index contributed by atoms with van der Waals surface area (Å²) in [5.41, 5.74) is 0. The topological polar surface area (TPSA) is 0 Å². The van der Waals surface area contributed by atoms with E-state index in [1.165, 1.54) is 0 Å². The molecule has 0 aliphatic carbocycles. The van der Waals surface area contributed by atoms with Crippen molar-refractivity contribution in [1.29, 1.82) is 0 Å². The maximum atomic E-state index is 10.2. The van der Waals surface area contributed by atoms with E-state index in [4.69, 9.17) is 0 Å². The summed E-state index contributed by atoms with van der Waals surface area (Å²) in [7, 11) is 0. The van der Waals surface area contributed by atoms with E-state index in [9.17, 15) is 13.2 Å². The fraction of sp³-hybridized carbons (Fsp3) is 0.500. The van der Waals surface area contributed by atoms with Gasteiger partial charge in [-0.05, 0) is 0 Å². The fourth-order valence-electron chi connectivity index (χ4n) is 0. The van der Waals surface area contributed by atoms with Gasteiger partial charge >= 0.3 is 68.9 Å². The Kier molecular flexibility index (Phi) is 6.81. The van der Waals surface area contributed by atoms with E-state index < -0.39 is 6.18 Å². The molecule has 4 heteroatoms. The molecule has 0 unspecified atom stereocenters. The maximum Gasteiger partial charge on any atom is 1.00 e. The molecule has 0 nitrogen and oxygen atoms in total. The Labute approximate surface area is 92.9 Å². The van der Waals surface area contributed by atoms with Gasteiger partial charge in [-0.2, -0.15) is 0 Å². The van der Waals surface area contributed by atoms with Crippen LogP contribution in [0.5, 0.6) is 0 Å². The molecule has 0 bridgehead atoms. The number of hydrogen-bond acceptors (Lipinski definition) is 0. The Morgan fingerprint density at radius 1 is 1.17 bits per heavy atom. The number of rotatable bonds is 0. The molecule has 0 atom stereocenters. The summed E-state index contributed by atoms with van der Waals surface area (Å²) >= 11 is 0. The summed E-state index contributed by atoms with van der Waals surface area (Å²) in [4.78, 5) is 0. The van der Waals surface area contributed by atoms with Crippen molar-refractivity contribution in [3.63, 3.8) is 0 Å². The summed E-state index contributed by atoms with van der Waals surface area (Å²) in [6, 6.07) is 0. The van der Waals surface area contributed by atoms with Crippen molar-refractivity contribution in [1.82, 2.24) is 0 Å². The second kappa shape index (κ2) is 3.80. The zero-order chi connectivity index (χ0) is 4.50. The maximum absolute atomic E-state index is 10.2. The molecule has 0 aromatic heterocycles. The van der Waals surface area contributed by atoms with Gasteiger partial charge in [-0.1, -0.05) is 0 Å². The van der Waals surface area contributed by atoms with Gasteiger partial charge in [0.05, 0.1) is 0 Å². The normalized spacial score (nSPS) is 10.0. The van der Waals surface area contributed by atoms with Gasteiger partial charge in [-0.15, -0.1) is 0 Å². The molecular formula is C2H2CsF3. The van der Waals surface area contributed by atoms with Gasteiger partial charge in [0, 0.05) is 0 Å². The average Bonchev–Trinajstić information content (AvgIpc) is 0.722. The van der Waals surface area contributed by atoms with E-state index in [-0.39, 0.29) is 68.9 Å². The molecule has 32 valence electrons. The molecular weight excluding hydrogens is 214 g/mol. The Morgan fingerprint density at radius 2 is 1.17 bits per heavy atom. The molecule has 0 aliphatic heterocycles. The minimum Gasteiger partial charge on any atom is -0.241 e. The number of halogens is 3.